The summed E-state index contributed by atoms with van der Waals surface area (Å²) in [6, 6.07) is 0. The molecule has 0 aliphatic rings. The van der Waals surface area contributed by atoms with Crippen molar-refractivity contribution in [3.8, 4) is 0 Å². The molecule has 0 radical (unpaired) electrons. The first-order valence-electron chi connectivity index (χ1n) is 2.79. The fourth-order valence-electron chi connectivity index (χ4n) is 0.651. The van der Waals surface area contributed by atoms with Gasteiger partial charge in [-0.05, 0) is 0 Å². The van der Waals surface area contributed by atoms with Gasteiger partial charge in [-0.2, -0.15) is 13.2 Å². The van der Waals surface area contributed by atoms with E-state index in [0.717, 1.165) is 0 Å². The summed E-state index contributed by atoms with van der Waals surface area (Å²) in [4.78, 5) is 0. The molecule has 0 aromatic rings. The van der Waals surface area contributed by atoms with Crippen molar-refractivity contribution in [1.82, 2.24) is 0 Å². The van der Waals surface area contributed by atoms with Crippen LogP contribution in [0.25, 0.3) is 0 Å². The Kier molecular flexibility index (Phi) is 2.97. The van der Waals surface area contributed by atoms with Crippen LogP contribution in [0.5, 0.6) is 0 Å². The van der Waals surface area contributed by atoms with Gasteiger partial charge in [0.1, 0.15) is 0 Å². The molecular formula is C5H5F7. The maximum absolute atomic E-state index is 11.9. The van der Waals surface area contributed by atoms with E-state index in [9.17, 15) is 30.7 Å². The summed E-state index contributed by atoms with van der Waals surface area (Å²) < 4.78 is 81.4. The zero-order chi connectivity index (χ0) is 10.2. The monoisotopic (exact) mass is 198 g/mol. The summed E-state index contributed by atoms with van der Waals surface area (Å²) in [6.45, 7) is -0.183. The lowest BCUT2D eigenvalue weighted by Crippen LogP contribution is -2.42. The second-order valence-corrected chi connectivity index (χ2v) is 2.31. The van der Waals surface area contributed by atoms with Gasteiger partial charge in [-0.25, -0.2) is 17.6 Å². The molecule has 0 saturated carbocycles. The lowest BCUT2D eigenvalue weighted by atomic mass is 10.0. The lowest BCUT2D eigenvalue weighted by molar-refractivity contribution is -0.267. The van der Waals surface area contributed by atoms with E-state index < -0.39 is 24.4 Å². The van der Waals surface area contributed by atoms with E-state index in [4.69, 9.17) is 0 Å². The predicted molar refractivity (Wildman–Crippen MR) is 26.2 cm³/mol. The molecule has 0 spiro atoms. The van der Waals surface area contributed by atoms with Crippen molar-refractivity contribution in [1.29, 1.82) is 0 Å². The molecule has 0 N–H and O–H groups in total. The molecule has 0 aliphatic carbocycles. The minimum atomic E-state index is -5.58. The first-order valence-corrected chi connectivity index (χ1v) is 2.79. The van der Waals surface area contributed by atoms with Gasteiger partial charge in [-0.3, -0.25) is 0 Å². The van der Waals surface area contributed by atoms with Gasteiger partial charge in [0.05, 0.1) is 0 Å². The van der Waals surface area contributed by atoms with E-state index >= 15 is 0 Å². The molecule has 0 amide bonds. The molecule has 0 aromatic heterocycles. The van der Waals surface area contributed by atoms with E-state index in [2.05, 4.69) is 0 Å². The van der Waals surface area contributed by atoms with E-state index in [1.54, 1.807) is 0 Å². The van der Waals surface area contributed by atoms with Gasteiger partial charge >= 0.3 is 6.18 Å². The number of hydrogen-bond donors (Lipinski definition) is 0. The largest absolute Gasteiger partial charge is 0.403 e. The van der Waals surface area contributed by atoms with Crippen molar-refractivity contribution < 1.29 is 30.7 Å². The molecule has 12 heavy (non-hydrogen) atoms. The van der Waals surface area contributed by atoms with Crippen LogP contribution in [-0.4, -0.2) is 18.5 Å². The summed E-state index contributed by atoms with van der Waals surface area (Å²) in [5.74, 6) is -8.34. The number of rotatable bonds is 2. The zero-order valence-electron chi connectivity index (χ0n) is 5.80. The quantitative estimate of drug-likeness (QED) is 0.598. The Morgan fingerprint density at radius 3 is 1.25 bits per heavy atom. The maximum atomic E-state index is 11.9. The van der Waals surface area contributed by atoms with Crippen LogP contribution in [0.2, 0.25) is 0 Å². The minimum Gasteiger partial charge on any atom is -0.210 e. The van der Waals surface area contributed by atoms with Crippen LogP contribution in [0, 0.1) is 5.92 Å². The second-order valence-electron chi connectivity index (χ2n) is 2.31. The van der Waals surface area contributed by atoms with Gasteiger partial charge in [0, 0.05) is 6.92 Å². The molecule has 0 fully saturated rings. The van der Waals surface area contributed by atoms with Crippen LogP contribution < -0.4 is 0 Å². The molecule has 0 saturated heterocycles. The highest BCUT2D eigenvalue weighted by atomic mass is 19.4. The first-order chi connectivity index (χ1) is 5.07. The third kappa shape index (κ3) is 2.86. The average Bonchev–Trinajstić information content (AvgIpc) is 1.49. The van der Waals surface area contributed by atoms with Crippen LogP contribution in [0.15, 0.2) is 0 Å². The van der Waals surface area contributed by atoms with E-state index in [0.29, 0.717) is 0 Å². The lowest BCUT2D eigenvalue weighted by Gasteiger charge is -2.24. The molecule has 0 nitrogen and oxygen atoms in total. The first kappa shape index (κ1) is 11.5. The van der Waals surface area contributed by atoms with Crippen LogP contribution in [0.4, 0.5) is 30.7 Å². The summed E-state index contributed by atoms with van der Waals surface area (Å²) in [5.41, 5.74) is 0. The summed E-state index contributed by atoms with van der Waals surface area (Å²) in [5, 5.41) is 0. The Morgan fingerprint density at radius 1 is 0.917 bits per heavy atom. The van der Waals surface area contributed by atoms with Gasteiger partial charge in [0.2, 0.25) is 0 Å². The molecule has 1 atom stereocenters. The van der Waals surface area contributed by atoms with Crippen molar-refractivity contribution in [2.45, 2.75) is 25.4 Å². The van der Waals surface area contributed by atoms with Gasteiger partial charge in [-0.15, -0.1) is 0 Å². The number of halogens is 7. The molecule has 1 unspecified atom stereocenters. The van der Waals surface area contributed by atoms with Crippen LogP contribution >= 0.6 is 0 Å². The molecule has 0 heterocycles. The van der Waals surface area contributed by atoms with E-state index in [1.807, 2.05) is 0 Å². The molecule has 0 aliphatic heterocycles. The second kappa shape index (κ2) is 3.10. The van der Waals surface area contributed by atoms with Crippen molar-refractivity contribution in [2.24, 2.45) is 5.92 Å². The van der Waals surface area contributed by atoms with Gasteiger partial charge in [-0.1, -0.05) is 0 Å². The Morgan fingerprint density at radius 2 is 1.25 bits per heavy atom. The third-order valence-corrected chi connectivity index (χ3v) is 1.15. The highest BCUT2D eigenvalue weighted by Gasteiger charge is 2.58. The third-order valence-electron chi connectivity index (χ3n) is 1.15. The molecular weight excluding hydrogens is 193 g/mol. The standard InChI is InChI=1S/C5H5F7/c1-4(8,9)2(3(6)7)5(10,11)12/h2-3H,1H3. The Bertz CT molecular complexity index is 127. The van der Waals surface area contributed by atoms with Gasteiger partial charge in [0.15, 0.2) is 5.92 Å². The average molecular weight is 198 g/mol. The molecule has 0 aromatic carbocycles. The fourth-order valence-corrected chi connectivity index (χ4v) is 0.651. The molecule has 0 bridgehead atoms. The fraction of sp³-hybridized carbons (Fsp3) is 1.00. The van der Waals surface area contributed by atoms with E-state index in [1.165, 1.54) is 0 Å². The topological polar surface area (TPSA) is 0 Å². The van der Waals surface area contributed by atoms with Crippen LogP contribution in [-0.2, 0) is 0 Å². The number of alkyl halides is 7. The summed E-state index contributed by atoms with van der Waals surface area (Å²) in [7, 11) is 0. The van der Waals surface area contributed by atoms with Crippen LogP contribution in [0.3, 0.4) is 0 Å². The summed E-state index contributed by atoms with van der Waals surface area (Å²) >= 11 is 0. The smallest absolute Gasteiger partial charge is 0.210 e. The van der Waals surface area contributed by atoms with Crippen molar-refractivity contribution in [2.75, 3.05) is 0 Å². The normalized spacial score (nSPS) is 16.8. The Labute approximate surface area is 63.4 Å². The Hall–Kier alpha value is -0.490. The van der Waals surface area contributed by atoms with Crippen molar-refractivity contribution in [3.63, 3.8) is 0 Å². The predicted octanol–water partition coefficient (Wildman–Crippen LogP) is 3.09. The summed E-state index contributed by atoms with van der Waals surface area (Å²) in [6.07, 6.45) is -9.68. The van der Waals surface area contributed by atoms with Crippen molar-refractivity contribution in [3.05, 3.63) is 0 Å². The zero-order valence-corrected chi connectivity index (χ0v) is 5.80. The van der Waals surface area contributed by atoms with Crippen molar-refractivity contribution >= 4 is 0 Å². The Balaban J connectivity index is 4.70. The molecule has 74 valence electrons. The van der Waals surface area contributed by atoms with E-state index in [-0.39, 0.29) is 6.92 Å². The molecule has 0 rings (SSSR count). The van der Waals surface area contributed by atoms with Crippen LogP contribution in [0.1, 0.15) is 6.92 Å². The highest BCUT2D eigenvalue weighted by Crippen LogP contribution is 2.41. The number of hydrogen-bond acceptors (Lipinski definition) is 0. The minimum absolute atomic E-state index is 0.183. The highest BCUT2D eigenvalue weighted by molar-refractivity contribution is 4.80. The molecule has 7 heteroatoms. The maximum Gasteiger partial charge on any atom is 0.403 e. The van der Waals surface area contributed by atoms with Gasteiger partial charge in [0.25, 0.3) is 12.3 Å². The SMILES string of the molecule is CC(F)(F)C(C(F)F)C(F)(F)F. The van der Waals surface area contributed by atoms with Gasteiger partial charge < -0.3 is 0 Å².